The van der Waals surface area contributed by atoms with Crippen LogP contribution in [0.4, 0.5) is 0 Å². The normalized spacial score (nSPS) is 12.5. The van der Waals surface area contributed by atoms with E-state index >= 15 is 0 Å². The maximum absolute atomic E-state index is 7.07. The topological polar surface area (TPSA) is 111 Å². The van der Waals surface area contributed by atoms with Crippen LogP contribution in [0.2, 0.25) is 0 Å². The lowest BCUT2D eigenvalue weighted by Crippen LogP contribution is -2.15. The van der Waals surface area contributed by atoms with Gasteiger partial charge in [0.15, 0.2) is 69.0 Å². The Morgan fingerprint density at radius 2 is 0.250 bits per heavy atom. The van der Waals surface area contributed by atoms with E-state index in [0.29, 0.717) is 75.9 Å². The van der Waals surface area contributed by atoms with E-state index in [1.807, 2.05) is 0 Å². The number of rotatable bonds is 72. The minimum Gasteiger partial charge on any atom is -0.490 e. The summed E-state index contributed by atoms with van der Waals surface area (Å²) in [6.45, 7) is 24.2. The highest BCUT2D eigenvalue weighted by molar-refractivity contribution is 6.28. The van der Waals surface area contributed by atoms with E-state index in [-0.39, 0.29) is 26.4 Å². The number of unbranched alkanes of at least 4 members (excludes halogenated alkanes) is 48. The fourth-order valence-electron chi connectivity index (χ4n) is 17.9. The summed E-state index contributed by atoms with van der Waals surface area (Å²) in [5.74, 6) is 8.75. The number of hydrogen-bond acceptors (Lipinski definition) is 12. The van der Waals surface area contributed by atoms with E-state index in [0.717, 1.165) is 213 Å². The highest BCUT2D eigenvalue weighted by Crippen LogP contribution is 2.51. The SMILES string of the molecule is CCCCCCCCCOc1cc2c3cc(OCCCCCCCCC)c(OCCCCCCCCC)cc3c3cc4c(cc3c2cc1OCCCCCCCCC)OCCOc1cc2c3cc(OCCCCCCCCC)c(OCCCCCCCCC)cc3c3cc(OCCCCCCCCC)c(OCCCCCCCCC)cc3c2cc1OCCO4. The van der Waals surface area contributed by atoms with Crippen LogP contribution in [0.15, 0.2) is 72.8 Å². The van der Waals surface area contributed by atoms with Crippen LogP contribution in [-0.4, -0.2) is 79.3 Å². The van der Waals surface area contributed by atoms with Crippen LogP contribution in [0.3, 0.4) is 0 Å². The molecule has 0 amide bonds. The van der Waals surface area contributed by atoms with Crippen molar-refractivity contribution in [3.63, 3.8) is 0 Å². The van der Waals surface area contributed by atoms with Gasteiger partial charge in [0.2, 0.25) is 0 Å². The Bertz CT molecular complexity index is 3670. The van der Waals surface area contributed by atoms with Crippen molar-refractivity contribution in [1.82, 2.24) is 0 Å². The number of fused-ring (bicyclic) bond motifs is 14. The van der Waals surface area contributed by atoms with Crippen LogP contribution >= 0.6 is 0 Å². The summed E-state index contributed by atoms with van der Waals surface area (Å²) in [6, 6.07) is 26.8. The predicted molar refractivity (Wildman–Crippen MR) is 528 cm³/mol. The monoisotopic (exact) mass is 1710 g/mol. The average molecular weight is 1710 g/mol. The first kappa shape index (κ1) is 101. The van der Waals surface area contributed by atoms with E-state index in [9.17, 15) is 0 Å². The van der Waals surface area contributed by atoms with Gasteiger partial charge in [-0.3, -0.25) is 0 Å². The first-order valence-corrected chi connectivity index (χ1v) is 52.0. The van der Waals surface area contributed by atoms with Gasteiger partial charge in [-0.15, -0.1) is 0 Å². The maximum atomic E-state index is 7.07. The van der Waals surface area contributed by atoms with E-state index in [1.165, 1.54) is 257 Å². The number of ether oxygens (including phenoxy) is 12. The zero-order chi connectivity index (χ0) is 86.9. The molecule has 0 aromatic heterocycles. The molecule has 0 unspecified atom stereocenters. The van der Waals surface area contributed by atoms with E-state index in [4.69, 9.17) is 56.8 Å². The van der Waals surface area contributed by atoms with Crippen LogP contribution in [-0.2, 0) is 0 Å². The second-order valence-electron chi connectivity index (χ2n) is 36.2. The van der Waals surface area contributed by atoms with Gasteiger partial charge in [0.1, 0.15) is 26.4 Å². The molecular weight excluding hydrogens is 1540 g/mol. The smallest absolute Gasteiger partial charge is 0.162 e. The lowest BCUT2D eigenvalue weighted by Gasteiger charge is -2.22. The summed E-state index contributed by atoms with van der Waals surface area (Å²) in [7, 11) is 0. The standard InChI is InChI=1S/C112H172O12/c1-9-17-25-33-41-49-57-65-113-101-77-89-90-78-102(114-66-58-50-42-34-26-18-10-2)106(118-70-62-54-46-38-30-22-14-6)82-94(90)98-86-110-109(85-97(98)93(89)81-105(101)117-69-61-53-45-37-29-21-13-5)121-73-74-123-111-87-99-95-83-107(119-71-63-55-47-39-31-23-15-7)103(115-67-59-51-43-35-27-19-11-3)79-91(95)92-80-104(116-68-60-52-44-36-28-20-12-4)108(120-72-64-56-48-40-32-24-16-8)84-96(92)100(99)88-112(111)124-76-75-122-110/h77-88H,9-76H2,1-8H3. The second-order valence-corrected chi connectivity index (χ2v) is 36.2. The number of hydrogen-bond donors (Lipinski definition) is 0. The Kier molecular flexibility index (Phi) is 50.5. The Morgan fingerprint density at radius 1 is 0.145 bits per heavy atom. The zero-order valence-electron chi connectivity index (χ0n) is 79.9. The van der Waals surface area contributed by atoms with Gasteiger partial charge in [-0.25, -0.2) is 0 Å². The van der Waals surface area contributed by atoms with Crippen LogP contribution in [0, 0.1) is 0 Å². The molecule has 0 bridgehead atoms. The van der Waals surface area contributed by atoms with E-state index in [1.54, 1.807) is 0 Å². The Balaban J connectivity index is 1.14. The molecule has 0 aliphatic carbocycles. The molecule has 8 aromatic rings. The lowest BCUT2D eigenvalue weighted by molar-refractivity contribution is 0.172. The van der Waals surface area contributed by atoms with Crippen LogP contribution in [0.1, 0.15) is 415 Å². The summed E-state index contributed by atoms with van der Waals surface area (Å²) in [6.07, 6.45) is 67.6. The molecule has 692 valence electrons. The highest BCUT2D eigenvalue weighted by atomic mass is 16.6. The third-order valence-corrected chi connectivity index (χ3v) is 25.5. The zero-order valence-corrected chi connectivity index (χ0v) is 79.9. The third kappa shape index (κ3) is 34.8. The molecule has 0 fully saturated rings. The highest BCUT2D eigenvalue weighted by Gasteiger charge is 2.25. The van der Waals surface area contributed by atoms with Gasteiger partial charge in [0, 0.05) is 0 Å². The van der Waals surface area contributed by atoms with Crippen LogP contribution in [0.5, 0.6) is 69.0 Å². The fraction of sp³-hybridized carbons (Fsp3) is 0.679. The molecule has 0 N–H and O–H groups in total. The first-order valence-electron chi connectivity index (χ1n) is 52.0. The molecule has 0 atom stereocenters. The molecule has 0 spiro atoms. The van der Waals surface area contributed by atoms with Crippen molar-refractivity contribution in [2.24, 2.45) is 0 Å². The van der Waals surface area contributed by atoms with Crippen molar-refractivity contribution in [3.8, 4) is 69.0 Å². The average Bonchev–Trinajstić information content (AvgIpc) is 0.731. The quantitative estimate of drug-likeness (QED) is 0.0267. The van der Waals surface area contributed by atoms with Gasteiger partial charge in [-0.1, -0.05) is 364 Å². The van der Waals surface area contributed by atoms with Gasteiger partial charge in [0.05, 0.1) is 52.9 Å². The Hall–Kier alpha value is -7.08. The molecule has 0 saturated carbocycles. The summed E-state index contributed by atoms with van der Waals surface area (Å²) < 4.78 is 84.1. The minimum atomic E-state index is 0.236. The molecule has 8 aromatic carbocycles. The molecule has 1 aliphatic heterocycles. The molecule has 12 nitrogen and oxygen atoms in total. The van der Waals surface area contributed by atoms with Gasteiger partial charge in [-0.2, -0.15) is 0 Å². The molecule has 0 saturated heterocycles. The van der Waals surface area contributed by atoms with Crippen molar-refractivity contribution in [1.29, 1.82) is 0 Å². The van der Waals surface area contributed by atoms with E-state index < -0.39 is 0 Å². The Labute approximate surface area is 753 Å². The minimum absolute atomic E-state index is 0.236. The van der Waals surface area contributed by atoms with Gasteiger partial charge >= 0.3 is 0 Å². The molecule has 0 radical (unpaired) electrons. The second kappa shape index (κ2) is 62.2. The molecule has 9 rings (SSSR count). The van der Waals surface area contributed by atoms with Crippen molar-refractivity contribution in [2.75, 3.05) is 79.3 Å². The van der Waals surface area contributed by atoms with Gasteiger partial charge in [-0.05, 0) is 189 Å². The molecule has 1 heterocycles. The third-order valence-electron chi connectivity index (χ3n) is 25.5. The summed E-state index contributed by atoms with van der Waals surface area (Å²) >= 11 is 0. The molecule has 12 heteroatoms. The summed E-state index contributed by atoms with van der Waals surface area (Å²) in [5, 5.41) is 12.5. The van der Waals surface area contributed by atoms with E-state index in [2.05, 4.69) is 128 Å². The van der Waals surface area contributed by atoms with Crippen molar-refractivity contribution in [3.05, 3.63) is 72.8 Å². The van der Waals surface area contributed by atoms with Crippen molar-refractivity contribution < 1.29 is 56.8 Å². The van der Waals surface area contributed by atoms with Crippen molar-refractivity contribution in [2.45, 2.75) is 415 Å². The fourth-order valence-corrected chi connectivity index (χ4v) is 17.9. The molecule has 1 aliphatic rings. The van der Waals surface area contributed by atoms with Crippen LogP contribution < -0.4 is 56.8 Å². The molecule has 124 heavy (non-hydrogen) atoms. The largest absolute Gasteiger partial charge is 0.490 e. The predicted octanol–water partition coefficient (Wildman–Crippen LogP) is 34.9. The summed E-state index contributed by atoms with van der Waals surface area (Å²) in [4.78, 5) is 0. The number of benzene rings is 8. The van der Waals surface area contributed by atoms with Crippen molar-refractivity contribution >= 4 is 64.6 Å². The summed E-state index contributed by atoms with van der Waals surface area (Å²) in [5.41, 5.74) is 0. The maximum Gasteiger partial charge on any atom is 0.162 e. The van der Waals surface area contributed by atoms with Gasteiger partial charge in [0.25, 0.3) is 0 Å². The lowest BCUT2D eigenvalue weighted by atomic mass is 9.93. The van der Waals surface area contributed by atoms with Crippen LogP contribution in [0.25, 0.3) is 64.6 Å². The Morgan fingerprint density at radius 3 is 0.371 bits per heavy atom. The van der Waals surface area contributed by atoms with Gasteiger partial charge < -0.3 is 56.8 Å². The molecular formula is C112H172O12. The first-order chi connectivity index (χ1) is 61.4.